The molecule has 0 aliphatic carbocycles. The quantitative estimate of drug-likeness (QED) is 0.197. The molecular formula is C33H35BrF3N3O4. The van der Waals surface area contributed by atoms with Gasteiger partial charge in [0.05, 0.1) is 12.0 Å². The van der Waals surface area contributed by atoms with Crippen LogP contribution in [0.15, 0.2) is 89.4 Å². The van der Waals surface area contributed by atoms with Gasteiger partial charge in [-0.3, -0.25) is 19.2 Å². The number of nitrogens with one attached hydrogen (secondary N) is 3. The molecule has 3 aromatic rings. The predicted molar refractivity (Wildman–Crippen MR) is 165 cm³/mol. The molecule has 7 nitrogen and oxygen atoms in total. The minimum atomic E-state index is -4.63. The minimum Gasteiger partial charge on any atom is -0.346 e. The number of Topliss-reactive ketones (excluding diaryl/α,β-unsaturated/α-hetero) is 1. The molecule has 0 saturated carbocycles. The van der Waals surface area contributed by atoms with Crippen LogP contribution in [0.4, 0.5) is 13.2 Å². The molecule has 3 unspecified atom stereocenters. The summed E-state index contributed by atoms with van der Waals surface area (Å²) in [5, 5.41) is 7.15. The van der Waals surface area contributed by atoms with E-state index in [0.717, 1.165) is 21.2 Å². The maximum Gasteiger partial charge on any atom is 0.405 e. The average molecular weight is 675 g/mol. The van der Waals surface area contributed by atoms with Gasteiger partial charge in [-0.05, 0) is 42.2 Å². The molecule has 234 valence electrons. The molecule has 3 amide bonds. The highest BCUT2D eigenvalue weighted by molar-refractivity contribution is 9.10. The van der Waals surface area contributed by atoms with Gasteiger partial charge in [0.1, 0.15) is 12.6 Å². The van der Waals surface area contributed by atoms with E-state index >= 15 is 0 Å². The monoisotopic (exact) mass is 673 g/mol. The summed E-state index contributed by atoms with van der Waals surface area (Å²) in [6.07, 6.45) is -4.38. The fourth-order valence-corrected chi connectivity index (χ4v) is 4.99. The molecule has 0 spiro atoms. The molecule has 0 bridgehead atoms. The average Bonchev–Trinajstić information content (AvgIpc) is 3.01. The maximum absolute atomic E-state index is 13.5. The first-order valence-corrected chi connectivity index (χ1v) is 15.0. The molecule has 0 aromatic heterocycles. The van der Waals surface area contributed by atoms with Crippen molar-refractivity contribution in [3.8, 4) is 0 Å². The number of amides is 3. The van der Waals surface area contributed by atoms with Crippen molar-refractivity contribution in [2.24, 2.45) is 5.92 Å². The zero-order valence-electron chi connectivity index (χ0n) is 24.4. The summed E-state index contributed by atoms with van der Waals surface area (Å²) in [6.45, 7) is 1.23. The van der Waals surface area contributed by atoms with Crippen LogP contribution in [-0.2, 0) is 25.6 Å². The first-order chi connectivity index (χ1) is 20.9. The lowest BCUT2D eigenvalue weighted by molar-refractivity contribution is -0.144. The van der Waals surface area contributed by atoms with E-state index in [1.807, 2.05) is 60.7 Å². The van der Waals surface area contributed by atoms with Gasteiger partial charge in [-0.25, -0.2) is 0 Å². The van der Waals surface area contributed by atoms with Crippen molar-refractivity contribution in [1.82, 2.24) is 16.0 Å². The van der Waals surface area contributed by atoms with Gasteiger partial charge in [-0.2, -0.15) is 13.2 Å². The molecular weight excluding hydrogens is 639 g/mol. The lowest BCUT2D eigenvalue weighted by atomic mass is 9.88. The Kier molecular flexibility index (Phi) is 12.7. The van der Waals surface area contributed by atoms with E-state index in [2.05, 4.69) is 26.6 Å². The predicted octanol–water partition coefficient (Wildman–Crippen LogP) is 5.48. The number of hydrogen-bond acceptors (Lipinski definition) is 4. The van der Waals surface area contributed by atoms with Crippen molar-refractivity contribution >= 4 is 39.4 Å². The summed E-state index contributed by atoms with van der Waals surface area (Å²) in [4.78, 5) is 52.3. The van der Waals surface area contributed by atoms with Gasteiger partial charge in [0.15, 0.2) is 5.78 Å². The fourth-order valence-electron chi connectivity index (χ4n) is 4.72. The van der Waals surface area contributed by atoms with Gasteiger partial charge >= 0.3 is 6.18 Å². The maximum atomic E-state index is 13.5. The lowest BCUT2D eigenvalue weighted by Crippen LogP contribution is -2.54. The van der Waals surface area contributed by atoms with E-state index in [1.165, 1.54) is 6.92 Å². The largest absolute Gasteiger partial charge is 0.405 e. The van der Waals surface area contributed by atoms with E-state index in [-0.39, 0.29) is 25.2 Å². The topological polar surface area (TPSA) is 104 Å². The number of halogens is 4. The first kappa shape index (κ1) is 34.5. The van der Waals surface area contributed by atoms with Gasteiger partial charge in [0.2, 0.25) is 17.7 Å². The summed E-state index contributed by atoms with van der Waals surface area (Å²) in [6, 6.07) is 23.9. The molecule has 0 fully saturated rings. The second-order valence-electron chi connectivity index (χ2n) is 10.5. The normalized spacial score (nSPS) is 14.0. The van der Waals surface area contributed by atoms with Crippen molar-refractivity contribution < 1.29 is 32.3 Å². The highest BCUT2D eigenvalue weighted by atomic mass is 79.9. The van der Waals surface area contributed by atoms with E-state index in [0.29, 0.717) is 0 Å². The third kappa shape index (κ3) is 10.6. The van der Waals surface area contributed by atoms with Crippen LogP contribution in [-0.4, -0.2) is 48.3 Å². The molecule has 11 heteroatoms. The van der Waals surface area contributed by atoms with Crippen LogP contribution in [0, 0.1) is 5.92 Å². The molecule has 4 atom stereocenters. The van der Waals surface area contributed by atoms with Gasteiger partial charge in [-0.15, -0.1) is 0 Å². The molecule has 3 aromatic carbocycles. The van der Waals surface area contributed by atoms with Gasteiger partial charge < -0.3 is 16.0 Å². The third-order valence-electron chi connectivity index (χ3n) is 7.15. The zero-order valence-corrected chi connectivity index (χ0v) is 26.0. The van der Waals surface area contributed by atoms with Crippen LogP contribution in [0.5, 0.6) is 0 Å². The van der Waals surface area contributed by atoms with Gasteiger partial charge in [0.25, 0.3) is 0 Å². The van der Waals surface area contributed by atoms with Crippen molar-refractivity contribution in [3.63, 3.8) is 0 Å². The van der Waals surface area contributed by atoms with Gasteiger partial charge in [0, 0.05) is 23.2 Å². The Bertz CT molecular complexity index is 1400. The van der Waals surface area contributed by atoms with Crippen molar-refractivity contribution in [1.29, 1.82) is 0 Å². The second kappa shape index (κ2) is 16.2. The van der Waals surface area contributed by atoms with Crippen LogP contribution in [0.2, 0.25) is 0 Å². The Hall–Kier alpha value is -3.99. The zero-order chi connectivity index (χ0) is 32.3. The molecule has 0 aliphatic heterocycles. The molecule has 3 rings (SSSR count). The van der Waals surface area contributed by atoms with E-state index < -0.39 is 54.2 Å². The number of alkyl halides is 3. The number of carbonyl (C=O) groups excluding carboxylic acids is 4. The number of ketones is 1. The van der Waals surface area contributed by atoms with Crippen molar-refractivity contribution in [3.05, 3.63) is 106 Å². The van der Waals surface area contributed by atoms with E-state index in [1.54, 1.807) is 36.5 Å². The highest BCUT2D eigenvalue weighted by Crippen LogP contribution is 2.29. The number of carbonyl (C=O) groups is 4. The first-order valence-electron chi connectivity index (χ1n) is 14.2. The van der Waals surface area contributed by atoms with Crippen molar-refractivity contribution in [2.75, 3.05) is 6.54 Å². The molecule has 0 radical (unpaired) electrons. The Labute approximate surface area is 263 Å². The third-order valence-corrected chi connectivity index (χ3v) is 7.68. The SMILES string of the molecule is CC[C@H](NC(=O)C(Cc1ccccc1)NC(=O)CC(c1ccccc1)c1ccc(Br)cc1)C(=O)C(C)C(=O)NCC(F)(F)F. The number of rotatable bonds is 14. The summed E-state index contributed by atoms with van der Waals surface area (Å²) < 4.78 is 38.5. The fraction of sp³-hybridized carbons (Fsp3) is 0.333. The van der Waals surface area contributed by atoms with Crippen LogP contribution in [0.3, 0.4) is 0 Å². The summed E-state index contributed by atoms with van der Waals surface area (Å²) >= 11 is 3.43. The van der Waals surface area contributed by atoms with Crippen LogP contribution in [0.25, 0.3) is 0 Å². The minimum absolute atomic E-state index is 0.0385. The Morgan fingerprint density at radius 3 is 1.91 bits per heavy atom. The van der Waals surface area contributed by atoms with Crippen molar-refractivity contribution in [2.45, 2.75) is 57.3 Å². The standard InChI is InChI=1S/C33H35BrF3N3O4/c1-3-27(30(42)21(2)31(43)38-20-33(35,36)37)40-32(44)28(18-22-10-6-4-7-11-22)39-29(41)19-26(23-12-8-5-9-13-23)24-14-16-25(34)17-15-24/h4-17,21,26-28H,3,18-20H2,1-2H3,(H,38,43)(H,39,41)(H,40,44)/t21?,26?,27-,28?/m0/s1. The van der Waals surface area contributed by atoms with Crippen LogP contribution in [0.1, 0.15) is 49.3 Å². The van der Waals surface area contributed by atoms with E-state index in [9.17, 15) is 32.3 Å². The Morgan fingerprint density at radius 1 is 0.773 bits per heavy atom. The number of hydrogen-bond donors (Lipinski definition) is 3. The second-order valence-corrected chi connectivity index (χ2v) is 11.4. The molecule has 3 N–H and O–H groups in total. The highest BCUT2D eigenvalue weighted by Gasteiger charge is 2.34. The Morgan fingerprint density at radius 2 is 1.34 bits per heavy atom. The van der Waals surface area contributed by atoms with Gasteiger partial charge in [-0.1, -0.05) is 95.7 Å². The van der Waals surface area contributed by atoms with E-state index in [4.69, 9.17) is 0 Å². The molecule has 0 heterocycles. The summed E-state index contributed by atoms with van der Waals surface area (Å²) in [7, 11) is 0. The van der Waals surface area contributed by atoms with Crippen LogP contribution < -0.4 is 16.0 Å². The Balaban J connectivity index is 1.78. The molecule has 44 heavy (non-hydrogen) atoms. The lowest BCUT2D eigenvalue weighted by Gasteiger charge is -2.25. The number of benzene rings is 3. The summed E-state index contributed by atoms with van der Waals surface area (Å²) in [5.74, 6) is -4.59. The molecule has 0 saturated heterocycles. The smallest absolute Gasteiger partial charge is 0.346 e. The molecule has 0 aliphatic rings. The van der Waals surface area contributed by atoms with Crippen LogP contribution >= 0.6 is 15.9 Å². The summed E-state index contributed by atoms with van der Waals surface area (Å²) in [5.41, 5.74) is 2.59.